The molecule has 2 aromatic heterocycles. The Kier molecular flexibility index (Phi) is 4.26. The highest BCUT2D eigenvalue weighted by Gasteiger charge is 2.26. The van der Waals surface area contributed by atoms with Gasteiger partial charge in [-0.2, -0.15) is 4.98 Å². The molecule has 1 aliphatic rings. The fourth-order valence-corrected chi connectivity index (χ4v) is 3.63. The number of benzene rings is 1. The van der Waals surface area contributed by atoms with Crippen LogP contribution in [-0.2, 0) is 17.6 Å². The Balaban J connectivity index is 1.50. The molecule has 1 aromatic carbocycles. The topological polar surface area (TPSA) is 88.3 Å². The number of aromatic nitrogens is 2. The predicted molar refractivity (Wildman–Crippen MR) is 97.5 cm³/mol. The lowest BCUT2D eigenvalue weighted by atomic mass is 10.1. The zero-order valence-electron chi connectivity index (χ0n) is 14.1. The molecule has 4 rings (SSSR count). The van der Waals surface area contributed by atoms with Crippen LogP contribution in [0, 0.1) is 6.92 Å². The van der Waals surface area contributed by atoms with Crippen molar-refractivity contribution >= 4 is 34.5 Å². The zero-order valence-corrected chi connectivity index (χ0v) is 14.9. The molecule has 0 atom stereocenters. The smallest absolute Gasteiger partial charge is 0.268 e. The van der Waals surface area contributed by atoms with Gasteiger partial charge in [-0.3, -0.25) is 9.59 Å². The Morgan fingerprint density at radius 2 is 2.23 bits per heavy atom. The summed E-state index contributed by atoms with van der Waals surface area (Å²) in [5.74, 6) is 0.521. The number of amides is 2. The van der Waals surface area contributed by atoms with Gasteiger partial charge >= 0.3 is 0 Å². The molecule has 3 heterocycles. The Hall–Kier alpha value is -3.00. The third-order valence-electron chi connectivity index (χ3n) is 4.13. The van der Waals surface area contributed by atoms with Crippen molar-refractivity contribution in [2.24, 2.45) is 0 Å². The predicted octanol–water partition coefficient (Wildman–Crippen LogP) is 2.82. The van der Waals surface area contributed by atoms with Crippen molar-refractivity contribution in [3.05, 3.63) is 57.9 Å². The first-order valence-electron chi connectivity index (χ1n) is 8.17. The molecule has 3 aromatic rings. The van der Waals surface area contributed by atoms with Crippen LogP contribution in [0.3, 0.4) is 0 Å². The van der Waals surface area contributed by atoms with Gasteiger partial charge in [-0.05, 0) is 35.6 Å². The Morgan fingerprint density at radius 1 is 1.35 bits per heavy atom. The molecule has 1 aliphatic heterocycles. The van der Waals surface area contributed by atoms with E-state index in [9.17, 15) is 9.59 Å². The number of nitrogens with zero attached hydrogens (tertiary/aromatic N) is 3. The molecule has 0 saturated carbocycles. The number of fused-ring (bicyclic) bond motifs is 1. The van der Waals surface area contributed by atoms with Gasteiger partial charge < -0.3 is 14.7 Å². The van der Waals surface area contributed by atoms with Crippen molar-refractivity contribution in [2.45, 2.75) is 19.8 Å². The molecule has 132 valence electrons. The summed E-state index contributed by atoms with van der Waals surface area (Å²) in [5.41, 5.74) is 2.58. The van der Waals surface area contributed by atoms with E-state index < -0.39 is 0 Å². The monoisotopic (exact) mass is 368 g/mol. The third kappa shape index (κ3) is 3.23. The Labute approximate surface area is 153 Å². The van der Waals surface area contributed by atoms with Gasteiger partial charge in [-0.1, -0.05) is 17.3 Å². The highest BCUT2D eigenvalue weighted by molar-refractivity contribution is 7.12. The molecule has 0 radical (unpaired) electrons. The molecule has 0 unspecified atom stereocenters. The first-order chi connectivity index (χ1) is 12.6. The molecular formula is C18H16N4O3S. The van der Waals surface area contributed by atoms with Gasteiger partial charge in [-0.25, -0.2) is 0 Å². The molecule has 0 saturated heterocycles. The molecule has 0 fully saturated rings. The van der Waals surface area contributed by atoms with Crippen molar-refractivity contribution in [2.75, 3.05) is 16.8 Å². The van der Waals surface area contributed by atoms with Crippen LogP contribution in [0.1, 0.15) is 27.0 Å². The van der Waals surface area contributed by atoms with Gasteiger partial charge in [0.25, 0.3) is 5.91 Å². The number of aryl methyl sites for hydroxylation is 1. The molecule has 0 bridgehead atoms. The average Bonchev–Trinajstić information content (AvgIpc) is 3.35. The zero-order chi connectivity index (χ0) is 18.1. The number of anilines is 2. The molecule has 2 amide bonds. The van der Waals surface area contributed by atoms with Gasteiger partial charge in [0.05, 0.1) is 11.3 Å². The maximum absolute atomic E-state index is 12.7. The van der Waals surface area contributed by atoms with E-state index in [1.165, 1.54) is 11.3 Å². The normalized spacial score (nSPS) is 12.9. The van der Waals surface area contributed by atoms with E-state index in [1.807, 2.05) is 35.7 Å². The lowest BCUT2D eigenvalue weighted by Crippen LogP contribution is -2.28. The van der Waals surface area contributed by atoms with E-state index in [-0.39, 0.29) is 18.2 Å². The van der Waals surface area contributed by atoms with Gasteiger partial charge in [0.2, 0.25) is 11.8 Å². The van der Waals surface area contributed by atoms with Crippen LogP contribution < -0.4 is 10.2 Å². The molecule has 0 aliphatic carbocycles. The number of hydrogen-bond donors (Lipinski definition) is 1. The van der Waals surface area contributed by atoms with Crippen molar-refractivity contribution in [3.8, 4) is 0 Å². The largest absolute Gasteiger partial charge is 0.340 e. The fraction of sp³-hybridized carbons (Fsp3) is 0.222. The van der Waals surface area contributed by atoms with Gasteiger partial charge in [0, 0.05) is 24.8 Å². The van der Waals surface area contributed by atoms with E-state index in [2.05, 4.69) is 15.5 Å². The molecule has 8 heteroatoms. The van der Waals surface area contributed by atoms with Crippen LogP contribution in [0.5, 0.6) is 0 Å². The third-order valence-corrected chi connectivity index (χ3v) is 4.99. The molecule has 26 heavy (non-hydrogen) atoms. The number of hydrogen-bond acceptors (Lipinski definition) is 6. The summed E-state index contributed by atoms with van der Waals surface area (Å²) in [4.78, 5) is 31.3. The Bertz CT molecular complexity index is 965. The van der Waals surface area contributed by atoms with Crippen molar-refractivity contribution in [1.82, 2.24) is 10.1 Å². The summed E-state index contributed by atoms with van der Waals surface area (Å²) in [6.07, 6.45) is 0.842. The van der Waals surface area contributed by atoms with Gasteiger partial charge in [0.15, 0.2) is 5.82 Å². The maximum Gasteiger partial charge on any atom is 0.268 e. The van der Waals surface area contributed by atoms with Crippen LogP contribution in [0.15, 0.2) is 40.2 Å². The van der Waals surface area contributed by atoms with Crippen LogP contribution in [-0.4, -0.2) is 28.5 Å². The minimum atomic E-state index is -0.236. The number of carbonyl (C=O) groups is 2. The van der Waals surface area contributed by atoms with Gasteiger partial charge in [-0.15, -0.1) is 11.3 Å². The first-order valence-corrected chi connectivity index (χ1v) is 9.05. The van der Waals surface area contributed by atoms with Crippen molar-refractivity contribution in [3.63, 3.8) is 0 Å². The van der Waals surface area contributed by atoms with Crippen LogP contribution in [0.4, 0.5) is 11.4 Å². The second kappa shape index (κ2) is 6.72. The van der Waals surface area contributed by atoms with Crippen LogP contribution >= 0.6 is 11.3 Å². The second-order valence-electron chi connectivity index (χ2n) is 5.98. The molecular weight excluding hydrogens is 352 g/mol. The second-order valence-corrected chi connectivity index (χ2v) is 6.93. The van der Waals surface area contributed by atoms with Crippen molar-refractivity contribution in [1.29, 1.82) is 0 Å². The summed E-state index contributed by atoms with van der Waals surface area (Å²) in [6.45, 7) is 2.32. The Morgan fingerprint density at radius 3 is 2.96 bits per heavy atom. The minimum Gasteiger partial charge on any atom is -0.340 e. The van der Waals surface area contributed by atoms with E-state index in [0.29, 0.717) is 28.8 Å². The lowest BCUT2D eigenvalue weighted by molar-refractivity contribution is -0.115. The summed E-state index contributed by atoms with van der Waals surface area (Å²) >= 11 is 1.43. The van der Waals surface area contributed by atoms with Crippen molar-refractivity contribution < 1.29 is 14.1 Å². The summed E-state index contributed by atoms with van der Waals surface area (Å²) < 4.78 is 4.87. The molecule has 0 spiro atoms. The number of rotatable bonds is 4. The van der Waals surface area contributed by atoms with E-state index in [0.717, 1.165) is 17.7 Å². The average molecular weight is 368 g/mol. The first kappa shape index (κ1) is 16.5. The number of nitrogens with one attached hydrogen (secondary N) is 1. The summed E-state index contributed by atoms with van der Waals surface area (Å²) in [5, 5.41) is 8.44. The number of carbonyl (C=O) groups excluding carboxylic acids is 2. The van der Waals surface area contributed by atoms with E-state index in [4.69, 9.17) is 4.52 Å². The quantitative estimate of drug-likeness (QED) is 0.765. The van der Waals surface area contributed by atoms with Crippen LogP contribution in [0.25, 0.3) is 0 Å². The molecule has 7 nitrogen and oxygen atoms in total. The summed E-state index contributed by atoms with van der Waals surface area (Å²) in [6, 6.07) is 9.32. The maximum atomic E-state index is 12.7. The summed E-state index contributed by atoms with van der Waals surface area (Å²) in [7, 11) is 0. The highest BCUT2D eigenvalue weighted by Crippen LogP contribution is 2.32. The number of thiophene rings is 1. The lowest BCUT2D eigenvalue weighted by Gasteiger charge is -2.17. The minimum absolute atomic E-state index is 0.00972. The van der Waals surface area contributed by atoms with E-state index >= 15 is 0 Å². The van der Waals surface area contributed by atoms with Gasteiger partial charge in [0.1, 0.15) is 0 Å². The highest BCUT2D eigenvalue weighted by atomic mass is 32.1. The fourth-order valence-electron chi connectivity index (χ4n) is 2.96. The van der Waals surface area contributed by atoms with Crippen LogP contribution in [0.2, 0.25) is 0 Å². The van der Waals surface area contributed by atoms with E-state index in [1.54, 1.807) is 11.8 Å². The standard InChI is InChI=1S/C18H16N4O3S/c1-11-19-16(21-25-11)10-17(23)20-13-5-4-12-6-7-22(14(12)9-13)18(24)15-3-2-8-26-15/h2-5,8-9H,6-7,10H2,1H3,(H,20,23). The SMILES string of the molecule is Cc1nc(CC(=O)Nc2ccc3c(c2)N(C(=O)c2cccs2)CC3)no1. The molecule has 1 N–H and O–H groups in total.